The zero-order valence-electron chi connectivity index (χ0n) is 24.9. The van der Waals surface area contributed by atoms with Gasteiger partial charge in [-0.2, -0.15) is 12.6 Å². The molecule has 1 unspecified atom stereocenters. The number of rotatable bonds is 14. The molecular formula is C33H51ClN2O3S. The average Bonchev–Trinajstić information content (AvgIpc) is 3.15. The van der Waals surface area contributed by atoms with E-state index in [4.69, 9.17) is 27.2 Å². The van der Waals surface area contributed by atoms with Crippen LogP contribution in [0.4, 0.5) is 5.69 Å². The highest BCUT2D eigenvalue weighted by atomic mass is 35.5. The highest BCUT2D eigenvalue weighted by Crippen LogP contribution is 2.35. The van der Waals surface area contributed by atoms with Gasteiger partial charge in [-0.3, -0.25) is 4.79 Å². The summed E-state index contributed by atoms with van der Waals surface area (Å²) in [6, 6.07) is 13.7. The predicted molar refractivity (Wildman–Crippen MR) is 175 cm³/mol. The van der Waals surface area contributed by atoms with Gasteiger partial charge in [-0.15, -0.1) is 0 Å². The van der Waals surface area contributed by atoms with Gasteiger partial charge in [-0.1, -0.05) is 63.1 Å². The van der Waals surface area contributed by atoms with E-state index in [9.17, 15) is 4.79 Å². The van der Waals surface area contributed by atoms with E-state index in [0.717, 1.165) is 93.8 Å². The van der Waals surface area contributed by atoms with Gasteiger partial charge in [-0.25, -0.2) is 0 Å². The molecule has 0 radical (unpaired) electrons. The van der Waals surface area contributed by atoms with Gasteiger partial charge in [0.05, 0.1) is 12.3 Å². The molecule has 3 N–H and O–H groups in total. The number of allylic oxidation sites excluding steroid dienone is 2. The molecular weight excluding hydrogens is 540 g/mol. The van der Waals surface area contributed by atoms with Crippen molar-refractivity contribution in [1.82, 2.24) is 0 Å². The number of carbonyl (C=O) groups excluding carboxylic acids is 1. The van der Waals surface area contributed by atoms with Gasteiger partial charge < -0.3 is 20.5 Å². The van der Waals surface area contributed by atoms with Crippen molar-refractivity contribution in [2.24, 2.45) is 17.6 Å². The van der Waals surface area contributed by atoms with Crippen molar-refractivity contribution in [3.8, 4) is 5.75 Å². The number of hydrogen-bond donors (Lipinski definition) is 3. The van der Waals surface area contributed by atoms with Crippen molar-refractivity contribution in [3.05, 3.63) is 70.8 Å². The summed E-state index contributed by atoms with van der Waals surface area (Å²) in [6.07, 6.45) is 13.4. The van der Waals surface area contributed by atoms with Crippen LogP contribution in [0.5, 0.6) is 5.75 Å². The molecule has 0 bridgehead atoms. The zero-order valence-corrected chi connectivity index (χ0v) is 26.6. The molecule has 2 atom stereocenters. The second kappa shape index (κ2) is 21.6. The first kappa shape index (κ1) is 35.9. The molecule has 2 aromatic carbocycles. The Labute approximate surface area is 253 Å². The number of ether oxygens (including phenoxy) is 1. The Morgan fingerprint density at radius 1 is 1.20 bits per heavy atom. The van der Waals surface area contributed by atoms with E-state index in [1.165, 1.54) is 5.56 Å². The number of halogens is 1. The number of unbranched alkanes of at least 4 members (excludes halogenated alkanes) is 1. The minimum absolute atomic E-state index is 0.405. The summed E-state index contributed by atoms with van der Waals surface area (Å²) in [5, 5.41) is 7.79. The third kappa shape index (κ3) is 13.0. The normalized spacial score (nSPS) is 15.1. The Morgan fingerprint density at radius 3 is 2.65 bits per heavy atom. The molecule has 1 aliphatic rings. The summed E-state index contributed by atoms with van der Waals surface area (Å²) >= 11 is 10.5. The van der Waals surface area contributed by atoms with Crippen LogP contribution in [0.15, 0.2) is 54.6 Å². The third-order valence-electron chi connectivity index (χ3n) is 7.05. The summed E-state index contributed by atoms with van der Waals surface area (Å²) in [6.45, 7) is 8.81. The zero-order chi connectivity index (χ0) is 29.8. The monoisotopic (exact) mass is 590 g/mol. The summed E-state index contributed by atoms with van der Waals surface area (Å²) in [4.78, 5) is 14.3. The Hall–Kier alpha value is -2.15. The smallest absolute Gasteiger partial charge is 0.248 e. The number of carbonyl (C=O) groups is 1. The number of nitrogens with two attached hydrogens (primary N) is 1. The van der Waals surface area contributed by atoms with E-state index in [-0.39, 0.29) is 0 Å². The molecule has 1 heterocycles. The number of benzene rings is 2. The molecule has 7 heteroatoms. The SMILES string of the molecule is CC.CC[C@@H](C/C=C/CCCS)CCN1CC(CCCc2cccc(Cl)c2)COc2ccc(C(N)=O)cc21.CO. The Kier molecular flexibility index (Phi) is 19.4. The fraction of sp³-hybridized carbons (Fsp3) is 0.545. The number of primary amides is 1. The van der Waals surface area contributed by atoms with Crippen LogP contribution in [0.25, 0.3) is 0 Å². The fourth-order valence-electron chi connectivity index (χ4n) is 4.83. The van der Waals surface area contributed by atoms with Crippen LogP contribution in [-0.2, 0) is 6.42 Å². The van der Waals surface area contributed by atoms with Crippen LogP contribution in [0, 0.1) is 11.8 Å². The van der Waals surface area contributed by atoms with E-state index >= 15 is 0 Å². The van der Waals surface area contributed by atoms with E-state index in [1.54, 1.807) is 6.07 Å². The molecule has 0 saturated carbocycles. The number of aliphatic hydroxyl groups excluding tert-OH is 1. The second-order valence-corrected chi connectivity index (χ2v) is 10.7. The van der Waals surface area contributed by atoms with Crippen molar-refractivity contribution in [2.75, 3.05) is 37.5 Å². The Bertz CT molecular complexity index is 1000. The first-order valence-electron chi connectivity index (χ1n) is 14.8. The van der Waals surface area contributed by atoms with Crippen molar-refractivity contribution in [3.63, 3.8) is 0 Å². The number of hydrogen-bond acceptors (Lipinski definition) is 5. The third-order valence-corrected chi connectivity index (χ3v) is 7.61. The number of amides is 1. The summed E-state index contributed by atoms with van der Waals surface area (Å²) in [5.74, 6) is 2.42. The largest absolute Gasteiger partial charge is 0.491 e. The molecule has 5 nitrogen and oxygen atoms in total. The van der Waals surface area contributed by atoms with Gasteiger partial charge in [0.25, 0.3) is 0 Å². The van der Waals surface area contributed by atoms with Crippen molar-refractivity contribution < 1.29 is 14.6 Å². The number of aryl methyl sites for hydroxylation is 1. The summed E-state index contributed by atoms with van der Waals surface area (Å²) in [7, 11) is 1.00. The number of nitrogens with zero attached hydrogens (tertiary/aromatic N) is 1. The molecule has 0 spiro atoms. The molecule has 0 saturated heterocycles. The fourth-order valence-corrected chi connectivity index (χ4v) is 5.22. The maximum atomic E-state index is 11.9. The van der Waals surface area contributed by atoms with Crippen LogP contribution >= 0.6 is 24.2 Å². The molecule has 0 fully saturated rings. The van der Waals surface area contributed by atoms with Gasteiger partial charge in [0.15, 0.2) is 0 Å². The topological polar surface area (TPSA) is 75.8 Å². The molecule has 40 heavy (non-hydrogen) atoms. The van der Waals surface area contributed by atoms with Crippen molar-refractivity contribution in [2.45, 2.75) is 72.1 Å². The van der Waals surface area contributed by atoms with Gasteiger partial charge in [0.2, 0.25) is 5.91 Å². The first-order chi connectivity index (χ1) is 19.5. The summed E-state index contributed by atoms with van der Waals surface area (Å²) < 4.78 is 6.25. The maximum Gasteiger partial charge on any atom is 0.248 e. The number of fused-ring (bicyclic) bond motifs is 1. The number of anilines is 1. The van der Waals surface area contributed by atoms with Crippen LogP contribution < -0.4 is 15.4 Å². The van der Waals surface area contributed by atoms with Crippen molar-refractivity contribution in [1.29, 1.82) is 0 Å². The summed E-state index contributed by atoms with van der Waals surface area (Å²) in [5.41, 5.74) is 8.40. The lowest BCUT2D eigenvalue weighted by molar-refractivity contribution is 0.1000. The lowest BCUT2D eigenvalue weighted by Gasteiger charge is -2.28. The lowest BCUT2D eigenvalue weighted by Crippen LogP contribution is -2.32. The quantitative estimate of drug-likeness (QED) is 0.118. The molecule has 2 aromatic rings. The second-order valence-electron chi connectivity index (χ2n) is 9.83. The number of thiol groups is 1. The van der Waals surface area contributed by atoms with Gasteiger partial charge in [-0.05, 0) is 92.5 Å². The number of aliphatic hydroxyl groups is 1. The lowest BCUT2D eigenvalue weighted by atomic mass is 9.96. The van der Waals surface area contributed by atoms with Gasteiger partial charge in [0.1, 0.15) is 5.75 Å². The molecule has 0 aliphatic carbocycles. The minimum atomic E-state index is -0.405. The van der Waals surface area contributed by atoms with Crippen LogP contribution in [0.1, 0.15) is 81.6 Å². The van der Waals surface area contributed by atoms with Crippen molar-refractivity contribution >= 4 is 35.8 Å². The molecule has 1 amide bonds. The van der Waals surface area contributed by atoms with Crippen LogP contribution in [0.2, 0.25) is 5.02 Å². The van der Waals surface area contributed by atoms with E-state index in [2.05, 4.69) is 48.7 Å². The highest BCUT2D eigenvalue weighted by molar-refractivity contribution is 7.80. The van der Waals surface area contributed by atoms with Gasteiger partial charge in [0, 0.05) is 36.7 Å². The highest BCUT2D eigenvalue weighted by Gasteiger charge is 2.24. The molecule has 0 aromatic heterocycles. The average molecular weight is 591 g/mol. The predicted octanol–water partition coefficient (Wildman–Crippen LogP) is 7.98. The van der Waals surface area contributed by atoms with E-state index < -0.39 is 5.91 Å². The standard InChI is InChI=1S/C30H41ClN2O2S.C2H6.CH4O/c1-2-23(9-5-3-4-6-18-36)16-17-33-21-25(12-7-10-24-11-8-13-27(31)19-24)22-35-29-15-14-26(30(32)34)20-28(29)33;2*1-2/h3,5,8,11,13-15,19-20,23,25,36H,2,4,6-7,9-10,12,16-18,21-22H2,1H3,(H2,32,34);1-2H3;2H,1H3/b5-3+;;/t23-,25?;;/m0../s1. The molecule has 1 aliphatic heterocycles. The Morgan fingerprint density at radius 2 is 1.98 bits per heavy atom. The minimum Gasteiger partial charge on any atom is -0.491 e. The molecule has 224 valence electrons. The van der Waals surface area contributed by atoms with Crippen LogP contribution in [0.3, 0.4) is 0 Å². The Balaban J connectivity index is 0.00000191. The maximum absolute atomic E-state index is 11.9. The van der Waals surface area contributed by atoms with E-state index in [0.29, 0.717) is 24.0 Å². The van der Waals surface area contributed by atoms with E-state index in [1.807, 2.05) is 38.1 Å². The van der Waals surface area contributed by atoms with Gasteiger partial charge >= 0.3 is 0 Å². The first-order valence-corrected chi connectivity index (χ1v) is 15.8. The molecule has 3 rings (SSSR count). The van der Waals surface area contributed by atoms with Crippen LogP contribution in [-0.4, -0.2) is 43.6 Å².